The van der Waals surface area contributed by atoms with Crippen molar-refractivity contribution in [2.75, 3.05) is 0 Å². The van der Waals surface area contributed by atoms with Gasteiger partial charge in [0, 0.05) is 5.92 Å². The molecule has 0 N–H and O–H groups in total. The summed E-state index contributed by atoms with van der Waals surface area (Å²) >= 11 is 0. The van der Waals surface area contributed by atoms with Crippen molar-refractivity contribution < 1.29 is 4.79 Å². The van der Waals surface area contributed by atoms with Gasteiger partial charge < -0.3 is 0 Å². The molecule has 1 heteroatoms. The molecule has 2 aromatic rings. The molecule has 0 amide bonds. The minimum Gasteiger partial charge on any atom is -0.300 e. The van der Waals surface area contributed by atoms with E-state index in [1.807, 2.05) is 36.4 Å². The molecule has 0 atom stereocenters. The number of carbonyl (C=O) groups excluding carboxylic acids is 1. The molecular formula is C20H26O. The Morgan fingerprint density at radius 2 is 1.14 bits per heavy atom. The summed E-state index contributed by atoms with van der Waals surface area (Å²) in [7, 11) is 0. The van der Waals surface area contributed by atoms with Crippen LogP contribution < -0.4 is 0 Å². The first-order valence-corrected chi connectivity index (χ1v) is 7.75. The molecule has 0 spiro atoms. The molecular weight excluding hydrogens is 256 g/mol. The predicted molar refractivity (Wildman–Crippen MR) is 90.4 cm³/mol. The lowest BCUT2D eigenvalue weighted by atomic mass is 9.90. The predicted octanol–water partition coefficient (Wildman–Crippen LogP) is 5.09. The van der Waals surface area contributed by atoms with Gasteiger partial charge in [-0.1, -0.05) is 80.9 Å². The molecule has 0 aromatic heterocycles. The fourth-order valence-corrected chi connectivity index (χ4v) is 2.16. The van der Waals surface area contributed by atoms with E-state index in [9.17, 15) is 4.79 Å². The maximum absolute atomic E-state index is 11.8. The molecule has 0 heterocycles. The van der Waals surface area contributed by atoms with Gasteiger partial charge in [0.25, 0.3) is 0 Å². The Morgan fingerprint density at radius 1 is 0.810 bits per heavy atom. The van der Waals surface area contributed by atoms with E-state index in [1.165, 1.54) is 17.5 Å². The first-order valence-electron chi connectivity index (χ1n) is 7.75. The molecule has 0 aliphatic heterocycles. The number of Topliss-reactive ketones (excluding diaryl/α,β-unsaturated/α-hetero) is 1. The van der Waals surface area contributed by atoms with Crippen LogP contribution in [-0.2, 0) is 17.6 Å². The lowest BCUT2D eigenvalue weighted by Crippen LogP contribution is -2.16. The molecule has 0 unspecified atom stereocenters. The summed E-state index contributed by atoms with van der Waals surface area (Å²) < 4.78 is 0. The average molecular weight is 282 g/mol. The van der Waals surface area contributed by atoms with Crippen LogP contribution in [0.15, 0.2) is 60.7 Å². The van der Waals surface area contributed by atoms with E-state index in [-0.39, 0.29) is 11.7 Å². The van der Waals surface area contributed by atoms with Gasteiger partial charge in [0.15, 0.2) is 0 Å². The Kier molecular flexibility index (Phi) is 8.11. The molecule has 2 rings (SSSR count). The lowest BCUT2D eigenvalue weighted by Gasteiger charge is -2.14. The van der Waals surface area contributed by atoms with Gasteiger partial charge in [0.05, 0.1) is 0 Å². The molecule has 0 bridgehead atoms. The summed E-state index contributed by atoms with van der Waals surface area (Å²) in [6.07, 6.45) is 2.90. The summed E-state index contributed by atoms with van der Waals surface area (Å²) in [6.45, 7) is 5.94. The van der Waals surface area contributed by atoms with Gasteiger partial charge in [0.1, 0.15) is 5.78 Å². The Morgan fingerprint density at radius 3 is 1.43 bits per heavy atom. The van der Waals surface area contributed by atoms with E-state index in [2.05, 4.69) is 38.1 Å². The molecule has 0 saturated heterocycles. The number of hydrogen-bond donors (Lipinski definition) is 0. The Bertz CT molecular complexity index is 460. The Labute approximate surface area is 129 Å². The lowest BCUT2D eigenvalue weighted by molar-refractivity contribution is -0.120. The maximum Gasteiger partial charge on any atom is 0.133 e. The molecule has 0 fully saturated rings. The highest BCUT2D eigenvalue weighted by atomic mass is 16.1. The third-order valence-electron chi connectivity index (χ3n) is 3.22. The largest absolute Gasteiger partial charge is 0.300 e. The van der Waals surface area contributed by atoms with Gasteiger partial charge in [-0.05, 0) is 30.9 Å². The van der Waals surface area contributed by atoms with Crippen LogP contribution >= 0.6 is 0 Å². The fraction of sp³-hybridized carbons (Fsp3) is 0.350. The van der Waals surface area contributed by atoms with Crippen molar-refractivity contribution in [1.82, 2.24) is 0 Å². The van der Waals surface area contributed by atoms with Gasteiger partial charge in [-0.15, -0.1) is 0 Å². The quantitative estimate of drug-likeness (QED) is 0.746. The summed E-state index contributed by atoms with van der Waals surface area (Å²) in [5, 5.41) is 0. The van der Waals surface area contributed by atoms with Crippen LogP contribution in [0.4, 0.5) is 0 Å². The summed E-state index contributed by atoms with van der Waals surface area (Å²) in [6, 6.07) is 20.4. The van der Waals surface area contributed by atoms with Crippen molar-refractivity contribution in [1.29, 1.82) is 0 Å². The van der Waals surface area contributed by atoms with Crippen LogP contribution in [0.2, 0.25) is 0 Å². The minimum absolute atomic E-state index is 0.0785. The number of rotatable bonds is 5. The second-order valence-corrected chi connectivity index (χ2v) is 5.39. The Balaban J connectivity index is 0.000000677. The molecule has 1 nitrogen and oxygen atoms in total. The third kappa shape index (κ3) is 6.89. The van der Waals surface area contributed by atoms with E-state index in [1.54, 1.807) is 6.92 Å². The SMILES string of the molecule is CC(=O)C(Cc1ccccc1)Cc1ccccc1.CCC. The zero-order valence-corrected chi connectivity index (χ0v) is 13.4. The first-order chi connectivity index (χ1) is 10.2. The summed E-state index contributed by atoms with van der Waals surface area (Å²) in [5.74, 6) is 0.345. The highest BCUT2D eigenvalue weighted by Gasteiger charge is 2.15. The van der Waals surface area contributed by atoms with Crippen molar-refractivity contribution >= 4 is 5.78 Å². The molecule has 112 valence electrons. The van der Waals surface area contributed by atoms with Crippen molar-refractivity contribution in [2.24, 2.45) is 5.92 Å². The topological polar surface area (TPSA) is 17.1 Å². The van der Waals surface area contributed by atoms with E-state index < -0.39 is 0 Å². The molecule has 0 saturated carbocycles. The summed E-state index contributed by atoms with van der Waals surface area (Å²) in [4.78, 5) is 11.8. The smallest absolute Gasteiger partial charge is 0.133 e. The van der Waals surface area contributed by atoms with Crippen molar-refractivity contribution in [2.45, 2.75) is 40.0 Å². The second kappa shape index (κ2) is 9.93. The third-order valence-corrected chi connectivity index (χ3v) is 3.22. The second-order valence-electron chi connectivity index (χ2n) is 5.39. The minimum atomic E-state index is 0.0785. The van der Waals surface area contributed by atoms with Crippen LogP contribution in [0.1, 0.15) is 38.3 Å². The first kappa shape index (κ1) is 17.2. The maximum atomic E-state index is 11.8. The molecule has 0 radical (unpaired) electrons. The van der Waals surface area contributed by atoms with Gasteiger partial charge in [0.2, 0.25) is 0 Å². The monoisotopic (exact) mass is 282 g/mol. The standard InChI is InChI=1S/C17H18O.C3H8/c1-14(18)17(12-15-8-4-2-5-9-15)13-16-10-6-3-7-11-16;1-3-2/h2-11,17H,12-13H2,1H3;3H2,1-2H3. The Hall–Kier alpha value is -1.89. The van der Waals surface area contributed by atoms with Crippen LogP contribution in [0.5, 0.6) is 0 Å². The van der Waals surface area contributed by atoms with Crippen LogP contribution in [0.3, 0.4) is 0 Å². The normalized spacial score (nSPS) is 9.90. The fourth-order valence-electron chi connectivity index (χ4n) is 2.16. The molecule has 0 aliphatic rings. The van der Waals surface area contributed by atoms with E-state index >= 15 is 0 Å². The molecule has 0 aliphatic carbocycles. The van der Waals surface area contributed by atoms with Gasteiger partial charge in [-0.2, -0.15) is 0 Å². The summed E-state index contributed by atoms with van der Waals surface area (Å²) in [5.41, 5.74) is 2.46. The van der Waals surface area contributed by atoms with E-state index in [4.69, 9.17) is 0 Å². The zero-order valence-electron chi connectivity index (χ0n) is 13.4. The van der Waals surface area contributed by atoms with Crippen molar-refractivity contribution in [3.05, 3.63) is 71.8 Å². The van der Waals surface area contributed by atoms with Gasteiger partial charge >= 0.3 is 0 Å². The van der Waals surface area contributed by atoms with Gasteiger partial charge in [-0.3, -0.25) is 4.79 Å². The molecule has 2 aromatic carbocycles. The highest BCUT2D eigenvalue weighted by Crippen LogP contribution is 2.15. The van der Waals surface area contributed by atoms with Crippen molar-refractivity contribution in [3.8, 4) is 0 Å². The average Bonchev–Trinajstić information content (AvgIpc) is 2.49. The number of hydrogen-bond acceptors (Lipinski definition) is 1. The number of carbonyl (C=O) groups is 1. The van der Waals surface area contributed by atoms with Crippen LogP contribution in [0.25, 0.3) is 0 Å². The van der Waals surface area contributed by atoms with Crippen molar-refractivity contribution in [3.63, 3.8) is 0 Å². The number of benzene rings is 2. The van der Waals surface area contributed by atoms with E-state index in [0.29, 0.717) is 0 Å². The van der Waals surface area contributed by atoms with Gasteiger partial charge in [-0.25, -0.2) is 0 Å². The van der Waals surface area contributed by atoms with Crippen LogP contribution in [-0.4, -0.2) is 5.78 Å². The molecule has 21 heavy (non-hydrogen) atoms. The zero-order chi connectivity index (χ0) is 15.5. The number of ketones is 1. The van der Waals surface area contributed by atoms with Crippen LogP contribution in [0, 0.1) is 5.92 Å². The highest BCUT2D eigenvalue weighted by molar-refractivity contribution is 5.78. The van der Waals surface area contributed by atoms with E-state index in [0.717, 1.165) is 12.8 Å².